The molecular formula is C21H20N4O3. The van der Waals surface area contributed by atoms with E-state index in [-0.39, 0.29) is 17.6 Å². The van der Waals surface area contributed by atoms with Gasteiger partial charge in [0.2, 0.25) is 0 Å². The van der Waals surface area contributed by atoms with Crippen molar-refractivity contribution in [1.29, 1.82) is 0 Å². The van der Waals surface area contributed by atoms with Crippen molar-refractivity contribution < 1.29 is 14.7 Å². The number of hydrogen-bond acceptors (Lipinski definition) is 4. The van der Waals surface area contributed by atoms with E-state index in [1.54, 1.807) is 12.1 Å². The molecule has 1 aromatic heterocycles. The number of carbonyl (C=O) groups is 2. The second-order valence-corrected chi connectivity index (χ2v) is 7.20. The van der Waals surface area contributed by atoms with E-state index in [1.807, 2.05) is 29.2 Å². The molecule has 142 valence electrons. The number of rotatable bonds is 2. The number of phenols is 1. The molecule has 3 aromatic rings. The fraction of sp³-hybridized carbons (Fsp3) is 0.238. The average molecular weight is 376 g/mol. The first-order valence-corrected chi connectivity index (χ1v) is 9.38. The highest BCUT2D eigenvalue weighted by atomic mass is 16.3. The normalized spacial score (nSPS) is 16.3. The van der Waals surface area contributed by atoms with Crippen LogP contribution in [0.2, 0.25) is 0 Å². The van der Waals surface area contributed by atoms with Gasteiger partial charge in [-0.05, 0) is 36.4 Å². The Kier molecular flexibility index (Phi) is 3.84. The number of H-pyrrole nitrogens is 1. The summed E-state index contributed by atoms with van der Waals surface area (Å²) in [7, 11) is 0. The van der Waals surface area contributed by atoms with Crippen molar-refractivity contribution in [2.24, 2.45) is 0 Å². The van der Waals surface area contributed by atoms with Crippen LogP contribution >= 0.6 is 0 Å². The molecule has 2 aliphatic rings. The molecule has 3 heterocycles. The van der Waals surface area contributed by atoms with Gasteiger partial charge in [0.05, 0.1) is 5.56 Å². The molecular weight excluding hydrogens is 356 g/mol. The summed E-state index contributed by atoms with van der Waals surface area (Å²) in [4.78, 5) is 30.2. The molecule has 0 unspecified atom stereocenters. The molecule has 0 spiro atoms. The summed E-state index contributed by atoms with van der Waals surface area (Å²) in [5, 5.41) is 17.0. The third-order valence-corrected chi connectivity index (χ3v) is 5.50. The summed E-state index contributed by atoms with van der Waals surface area (Å²) >= 11 is 0. The Morgan fingerprint density at radius 2 is 1.89 bits per heavy atom. The van der Waals surface area contributed by atoms with Crippen LogP contribution in [0.4, 0.5) is 0 Å². The molecule has 1 saturated heterocycles. The molecule has 0 saturated carbocycles. The number of benzene rings is 2. The molecule has 4 N–H and O–H groups in total. The first-order valence-electron chi connectivity index (χ1n) is 9.38. The molecule has 2 amide bonds. The zero-order chi connectivity index (χ0) is 19.3. The number of fused-ring (bicyclic) bond motifs is 2. The zero-order valence-corrected chi connectivity index (χ0v) is 15.2. The SMILES string of the molecule is O=C1NCc2c(O)ccc(-c3cc4cc(C(=O)N5CCNCC5)ccc4[nH]3)c21. The van der Waals surface area contributed by atoms with E-state index in [9.17, 15) is 14.7 Å². The lowest BCUT2D eigenvalue weighted by Gasteiger charge is -2.27. The number of piperazine rings is 1. The largest absolute Gasteiger partial charge is 0.508 e. The lowest BCUT2D eigenvalue weighted by molar-refractivity contribution is 0.0735. The Morgan fingerprint density at radius 1 is 1.07 bits per heavy atom. The van der Waals surface area contributed by atoms with Crippen molar-refractivity contribution in [2.75, 3.05) is 26.2 Å². The quantitative estimate of drug-likeness (QED) is 0.549. The van der Waals surface area contributed by atoms with Gasteiger partial charge >= 0.3 is 0 Å². The molecule has 2 aromatic carbocycles. The van der Waals surface area contributed by atoms with Gasteiger partial charge in [-0.2, -0.15) is 0 Å². The third-order valence-electron chi connectivity index (χ3n) is 5.50. The lowest BCUT2D eigenvalue weighted by atomic mass is 9.99. The molecule has 0 radical (unpaired) electrons. The van der Waals surface area contributed by atoms with E-state index in [2.05, 4.69) is 15.6 Å². The number of hydrogen-bond donors (Lipinski definition) is 4. The van der Waals surface area contributed by atoms with E-state index in [0.717, 1.165) is 35.2 Å². The highest BCUT2D eigenvalue weighted by Gasteiger charge is 2.26. The van der Waals surface area contributed by atoms with Crippen LogP contribution in [0.5, 0.6) is 5.75 Å². The highest BCUT2D eigenvalue weighted by Crippen LogP contribution is 2.35. The fourth-order valence-corrected chi connectivity index (χ4v) is 4.02. The minimum atomic E-state index is -0.186. The fourth-order valence-electron chi connectivity index (χ4n) is 4.02. The van der Waals surface area contributed by atoms with Crippen molar-refractivity contribution in [3.63, 3.8) is 0 Å². The predicted octanol–water partition coefficient (Wildman–Crippen LogP) is 1.83. The van der Waals surface area contributed by atoms with Gasteiger partial charge < -0.3 is 25.6 Å². The van der Waals surface area contributed by atoms with Crippen LogP contribution in [0.25, 0.3) is 22.2 Å². The van der Waals surface area contributed by atoms with E-state index >= 15 is 0 Å². The summed E-state index contributed by atoms with van der Waals surface area (Å²) in [5.41, 5.74) is 4.21. The summed E-state index contributed by atoms with van der Waals surface area (Å²) in [5.74, 6) is -0.0256. The van der Waals surface area contributed by atoms with Crippen molar-refractivity contribution in [3.8, 4) is 17.0 Å². The summed E-state index contributed by atoms with van der Waals surface area (Å²) in [6, 6.07) is 10.9. The first kappa shape index (κ1) is 16.8. The van der Waals surface area contributed by atoms with Crippen LogP contribution in [0, 0.1) is 0 Å². The van der Waals surface area contributed by atoms with Gasteiger partial charge in [0.25, 0.3) is 11.8 Å². The number of nitrogens with one attached hydrogen (secondary N) is 3. The van der Waals surface area contributed by atoms with Crippen molar-refractivity contribution in [2.45, 2.75) is 6.54 Å². The standard InChI is InChI=1S/C21H20N4O3/c26-18-4-2-14(19-15(18)11-23-20(19)27)17-10-13-9-12(1-3-16(13)24-17)21(28)25-7-5-22-6-8-25/h1-4,9-10,22,24,26H,5-8,11H2,(H,23,27). The van der Waals surface area contributed by atoms with Crippen LogP contribution in [-0.2, 0) is 6.54 Å². The van der Waals surface area contributed by atoms with Crippen LogP contribution in [-0.4, -0.2) is 53.0 Å². The number of aromatic hydroxyl groups is 1. The molecule has 7 nitrogen and oxygen atoms in total. The smallest absolute Gasteiger partial charge is 0.253 e. The second kappa shape index (κ2) is 6.38. The second-order valence-electron chi connectivity index (χ2n) is 7.20. The number of phenolic OH excluding ortho intramolecular Hbond substituents is 1. The van der Waals surface area contributed by atoms with E-state index in [1.165, 1.54) is 0 Å². The minimum absolute atomic E-state index is 0.0380. The minimum Gasteiger partial charge on any atom is -0.508 e. The summed E-state index contributed by atoms with van der Waals surface area (Å²) < 4.78 is 0. The van der Waals surface area contributed by atoms with Crippen LogP contribution in [0.3, 0.4) is 0 Å². The Bertz CT molecular complexity index is 1110. The topological polar surface area (TPSA) is 97.5 Å². The maximum atomic E-state index is 12.8. The molecule has 5 rings (SSSR count). The maximum Gasteiger partial charge on any atom is 0.253 e. The van der Waals surface area contributed by atoms with Crippen LogP contribution in [0.15, 0.2) is 36.4 Å². The molecule has 0 aliphatic carbocycles. The monoisotopic (exact) mass is 376 g/mol. The molecule has 28 heavy (non-hydrogen) atoms. The number of aromatic nitrogens is 1. The van der Waals surface area contributed by atoms with Gasteiger partial charge in [-0.25, -0.2) is 0 Å². The number of aromatic amines is 1. The summed E-state index contributed by atoms with van der Waals surface area (Å²) in [6.07, 6.45) is 0. The number of amides is 2. The predicted molar refractivity (Wildman–Crippen MR) is 105 cm³/mol. The molecule has 1 fully saturated rings. The average Bonchev–Trinajstić information content (AvgIpc) is 3.32. The Labute approximate surface area is 161 Å². The Balaban J connectivity index is 1.54. The highest BCUT2D eigenvalue weighted by molar-refractivity contribution is 6.06. The maximum absolute atomic E-state index is 12.8. The van der Waals surface area contributed by atoms with Gasteiger partial charge in [0.1, 0.15) is 5.75 Å². The van der Waals surface area contributed by atoms with Gasteiger partial charge in [0.15, 0.2) is 0 Å². The molecule has 7 heteroatoms. The van der Waals surface area contributed by atoms with Gasteiger partial charge in [0, 0.05) is 66.0 Å². The van der Waals surface area contributed by atoms with Gasteiger partial charge in [-0.15, -0.1) is 0 Å². The Morgan fingerprint density at radius 3 is 2.71 bits per heavy atom. The van der Waals surface area contributed by atoms with Gasteiger partial charge in [-0.3, -0.25) is 9.59 Å². The van der Waals surface area contributed by atoms with Crippen LogP contribution < -0.4 is 10.6 Å². The third kappa shape index (κ3) is 2.63. The van der Waals surface area contributed by atoms with Crippen molar-refractivity contribution in [1.82, 2.24) is 20.5 Å². The van der Waals surface area contributed by atoms with E-state index < -0.39 is 0 Å². The summed E-state index contributed by atoms with van der Waals surface area (Å²) in [6.45, 7) is 3.39. The number of nitrogens with zero attached hydrogens (tertiary/aromatic N) is 1. The first-order chi connectivity index (χ1) is 13.6. The van der Waals surface area contributed by atoms with Crippen molar-refractivity contribution in [3.05, 3.63) is 53.1 Å². The molecule has 2 aliphatic heterocycles. The van der Waals surface area contributed by atoms with Crippen LogP contribution in [0.1, 0.15) is 26.3 Å². The Hall–Kier alpha value is -3.32. The van der Waals surface area contributed by atoms with Crippen molar-refractivity contribution >= 4 is 22.7 Å². The van der Waals surface area contributed by atoms with Gasteiger partial charge in [-0.1, -0.05) is 0 Å². The zero-order valence-electron chi connectivity index (χ0n) is 15.2. The van der Waals surface area contributed by atoms with E-state index in [4.69, 9.17) is 0 Å². The molecule has 0 bridgehead atoms. The van der Waals surface area contributed by atoms with E-state index in [0.29, 0.717) is 36.3 Å². The lowest BCUT2D eigenvalue weighted by Crippen LogP contribution is -2.46. The number of carbonyl (C=O) groups excluding carboxylic acids is 2. The molecule has 0 atom stereocenters.